The first-order chi connectivity index (χ1) is 8.42. The smallest absolute Gasteiger partial charge is 0.287 e. The van der Waals surface area contributed by atoms with Gasteiger partial charge in [0, 0.05) is 13.7 Å². The molecule has 0 radical (unpaired) electrons. The quantitative estimate of drug-likeness (QED) is 0.807. The highest BCUT2D eigenvalue weighted by molar-refractivity contribution is 5.92. The topological polar surface area (TPSA) is 77.5 Å². The van der Waals surface area contributed by atoms with E-state index in [-0.39, 0.29) is 17.6 Å². The second-order valence-electron chi connectivity index (χ2n) is 4.93. The van der Waals surface area contributed by atoms with Crippen LogP contribution in [0.15, 0.2) is 16.5 Å². The van der Waals surface area contributed by atoms with Crippen molar-refractivity contribution in [3.8, 4) is 0 Å². The Morgan fingerprint density at radius 3 is 2.72 bits per heavy atom. The van der Waals surface area contributed by atoms with Gasteiger partial charge in [-0.2, -0.15) is 0 Å². The molecule has 18 heavy (non-hydrogen) atoms. The zero-order valence-electron chi connectivity index (χ0n) is 11.4. The van der Waals surface area contributed by atoms with E-state index in [9.17, 15) is 4.79 Å². The second kappa shape index (κ2) is 6.02. The van der Waals surface area contributed by atoms with Crippen molar-refractivity contribution in [2.45, 2.75) is 32.9 Å². The molecule has 0 saturated heterocycles. The maximum Gasteiger partial charge on any atom is 0.287 e. The molecule has 0 aliphatic rings. The van der Waals surface area contributed by atoms with Gasteiger partial charge in [0.15, 0.2) is 5.76 Å². The molecule has 0 aliphatic carbocycles. The average molecular weight is 254 g/mol. The lowest BCUT2D eigenvalue weighted by molar-refractivity contribution is 0.0846. The molecular weight excluding hydrogens is 232 g/mol. The van der Waals surface area contributed by atoms with Gasteiger partial charge in [0.1, 0.15) is 12.4 Å². The highest BCUT2D eigenvalue weighted by Gasteiger charge is 2.29. The lowest BCUT2D eigenvalue weighted by atomic mass is 9.88. The molecule has 0 fully saturated rings. The first-order valence-corrected chi connectivity index (χ1v) is 6.03. The second-order valence-corrected chi connectivity index (χ2v) is 4.93. The van der Waals surface area contributed by atoms with Crippen molar-refractivity contribution in [1.82, 2.24) is 5.32 Å². The van der Waals surface area contributed by atoms with Gasteiger partial charge in [-0.15, -0.1) is 0 Å². The Morgan fingerprint density at radius 2 is 2.22 bits per heavy atom. The summed E-state index contributed by atoms with van der Waals surface area (Å²) in [6, 6.07) is 3.37. The standard InChI is InChI=1S/C13H22N2O3/c1-9(2)13(3,8-14)15-12(16)11-6-5-10(18-11)7-17-4/h5-6,9H,7-8,14H2,1-4H3,(H,15,16). The van der Waals surface area contributed by atoms with Crippen LogP contribution in [0.5, 0.6) is 0 Å². The molecule has 0 aliphatic heterocycles. The van der Waals surface area contributed by atoms with Crippen molar-refractivity contribution >= 4 is 5.91 Å². The molecule has 0 bridgehead atoms. The molecule has 1 unspecified atom stereocenters. The Kier molecular flexibility index (Phi) is 4.93. The van der Waals surface area contributed by atoms with Crippen molar-refractivity contribution in [3.63, 3.8) is 0 Å². The Balaban J connectivity index is 2.75. The summed E-state index contributed by atoms with van der Waals surface area (Å²) < 4.78 is 10.3. The Hall–Kier alpha value is -1.33. The number of furan rings is 1. The number of hydrogen-bond donors (Lipinski definition) is 2. The SMILES string of the molecule is COCc1ccc(C(=O)NC(C)(CN)C(C)C)o1. The van der Waals surface area contributed by atoms with Crippen molar-refractivity contribution in [3.05, 3.63) is 23.7 Å². The molecule has 1 aromatic heterocycles. The fourth-order valence-corrected chi connectivity index (χ4v) is 1.47. The van der Waals surface area contributed by atoms with Crippen LogP contribution in [0.25, 0.3) is 0 Å². The summed E-state index contributed by atoms with van der Waals surface area (Å²) in [5.74, 6) is 0.892. The van der Waals surface area contributed by atoms with Crippen LogP contribution in [0.2, 0.25) is 0 Å². The molecule has 102 valence electrons. The summed E-state index contributed by atoms with van der Waals surface area (Å²) in [7, 11) is 1.58. The van der Waals surface area contributed by atoms with Gasteiger partial charge >= 0.3 is 0 Å². The number of rotatable bonds is 6. The molecular formula is C13H22N2O3. The predicted octanol–water partition coefficient (Wildman–Crippen LogP) is 1.53. The molecule has 1 atom stereocenters. The predicted molar refractivity (Wildman–Crippen MR) is 69.2 cm³/mol. The first-order valence-electron chi connectivity index (χ1n) is 6.03. The minimum atomic E-state index is -0.439. The molecule has 0 spiro atoms. The summed E-state index contributed by atoms with van der Waals surface area (Å²) >= 11 is 0. The molecule has 0 aromatic carbocycles. The van der Waals surface area contributed by atoms with Gasteiger partial charge in [-0.05, 0) is 25.0 Å². The van der Waals surface area contributed by atoms with Crippen molar-refractivity contribution in [2.24, 2.45) is 11.7 Å². The van der Waals surface area contributed by atoms with E-state index in [4.69, 9.17) is 14.9 Å². The number of methoxy groups -OCH3 is 1. The van der Waals surface area contributed by atoms with Crippen molar-refractivity contribution < 1.29 is 13.9 Å². The monoisotopic (exact) mass is 254 g/mol. The van der Waals surface area contributed by atoms with Gasteiger partial charge in [0.2, 0.25) is 0 Å². The Morgan fingerprint density at radius 1 is 1.56 bits per heavy atom. The number of hydrogen-bond acceptors (Lipinski definition) is 4. The van der Waals surface area contributed by atoms with Gasteiger partial charge in [-0.3, -0.25) is 4.79 Å². The van der Waals surface area contributed by atoms with Crippen LogP contribution in [0, 0.1) is 5.92 Å². The Bertz CT molecular complexity index is 401. The molecule has 3 N–H and O–H groups in total. The van der Waals surface area contributed by atoms with Crippen LogP contribution in [0.3, 0.4) is 0 Å². The lowest BCUT2D eigenvalue weighted by Crippen LogP contribution is -2.54. The van der Waals surface area contributed by atoms with E-state index in [2.05, 4.69) is 5.32 Å². The highest BCUT2D eigenvalue weighted by atomic mass is 16.5. The van der Waals surface area contributed by atoms with E-state index < -0.39 is 5.54 Å². The third kappa shape index (κ3) is 3.34. The van der Waals surface area contributed by atoms with Crippen LogP contribution in [-0.2, 0) is 11.3 Å². The Labute approximate surface area is 108 Å². The van der Waals surface area contributed by atoms with Crippen LogP contribution in [0.1, 0.15) is 37.1 Å². The number of carbonyl (C=O) groups excluding carboxylic acids is 1. The third-order valence-corrected chi connectivity index (χ3v) is 3.27. The summed E-state index contributed by atoms with van der Waals surface area (Å²) in [4.78, 5) is 12.0. The van der Waals surface area contributed by atoms with Gasteiger partial charge < -0.3 is 20.2 Å². The normalized spacial score (nSPS) is 14.6. The van der Waals surface area contributed by atoms with E-state index >= 15 is 0 Å². The summed E-state index contributed by atoms with van der Waals surface area (Å²) in [6.45, 7) is 6.69. The molecule has 1 amide bonds. The van der Waals surface area contributed by atoms with E-state index in [0.29, 0.717) is 18.9 Å². The molecule has 1 heterocycles. The van der Waals surface area contributed by atoms with Crippen LogP contribution in [0.4, 0.5) is 0 Å². The molecule has 5 nitrogen and oxygen atoms in total. The third-order valence-electron chi connectivity index (χ3n) is 3.27. The average Bonchev–Trinajstić information content (AvgIpc) is 2.77. The van der Waals surface area contributed by atoms with Gasteiger partial charge in [0.05, 0.1) is 5.54 Å². The minimum absolute atomic E-state index is 0.236. The van der Waals surface area contributed by atoms with Gasteiger partial charge in [-0.25, -0.2) is 0 Å². The number of amides is 1. The van der Waals surface area contributed by atoms with Gasteiger partial charge in [-0.1, -0.05) is 13.8 Å². The van der Waals surface area contributed by atoms with E-state index in [1.165, 1.54) is 0 Å². The molecule has 1 rings (SSSR count). The highest BCUT2D eigenvalue weighted by Crippen LogP contribution is 2.17. The fraction of sp³-hybridized carbons (Fsp3) is 0.615. The van der Waals surface area contributed by atoms with E-state index in [1.807, 2.05) is 20.8 Å². The number of ether oxygens (including phenoxy) is 1. The van der Waals surface area contributed by atoms with Crippen LogP contribution in [-0.4, -0.2) is 25.1 Å². The number of nitrogens with one attached hydrogen (secondary N) is 1. The van der Waals surface area contributed by atoms with Crippen LogP contribution >= 0.6 is 0 Å². The number of carbonyl (C=O) groups is 1. The van der Waals surface area contributed by atoms with Crippen molar-refractivity contribution in [1.29, 1.82) is 0 Å². The maximum absolute atomic E-state index is 12.0. The van der Waals surface area contributed by atoms with Crippen molar-refractivity contribution in [2.75, 3.05) is 13.7 Å². The zero-order valence-corrected chi connectivity index (χ0v) is 11.4. The van der Waals surface area contributed by atoms with Crippen LogP contribution < -0.4 is 11.1 Å². The fourth-order valence-electron chi connectivity index (χ4n) is 1.47. The minimum Gasteiger partial charge on any atom is -0.453 e. The molecule has 0 saturated carbocycles. The summed E-state index contributed by atoms with van der Waals surface area (Å²) in [6.07, 6.45) is 0. The maximum atomic E-state index is 12.0. The largest absolute Gasteiger partial charge is 0.453 e. The van der Waals surface area contributed by atoms with E-state index in [0.717, 1.165) is 0 Å². The summed E-state index contributed by atoms with van der Waals surface area (Å²) in [5, 5.41) is 2.92. The van der Waals surface area contributed by atoms with E-state index in [1.54, 1.807) is 19.2 Å². The zero-order chi connectivity index (χ0) is 13.8. The summed E-state index contributed by atoms with van der Waals surface area (Å²) in [5.41, 5.74) is 5.28. The first kappa shape index (κ1) is 14.7. The van der Waals surface area contributed by atoms with Gasteiger partial charge in [0.25, 0.3) is 5.91 Å². The number of nitrogens with two attached hydrogens (primary N) is 1. The lowest BCUT2D eigenvalue weighted by Gasteiger charge is -2.33. The molecule has 1 aromatic rings. The molecule has 5 heteroatoms.